The fraction of sp³-hybridized carbons (Fsp3) is 1.00. The molecule has 0 saturated carbocycles. The number of nitrogens with zero attached hydrogens (tertiary/aromatic N) is 1. The zero-order valence-electron chi connectivity index (χ0n) is 11.9. The van der Waals surface area contributed by atoms with E-state index in [4.69, 9.17) is 5.11 Å². The van der Waals surface area contributed by atoms with Gasteiger partial charge in [0.15, 0.2) is 0 Å². The Kier molecular flexibility index (Phi) is 7.12. The fourth-order valence-electron chi connectivity index (χ4n) is 1.44. The Bertz CT molecular complexity index is 458. The first-order valence-electron chi connectivity index (χ1n) is 6.19. The van der Waals surface area contributed by atoms with Crippen molar-refractivity contribution in [3.63, 3.8) is 0 Å². The van der Waals surface area contributed by atoms with Gasteiger partial charge in [-0.15, -0.1) is 0 Å². The Morgan fingerprint density at radius 2 is 1.59 bits per heavy atom. The molecule has 5 nitrogen and oxygen atoms in total. The van der Waals surface area contributed by atoms with Gasteiger partial charge in [0.05, 0.1) is 0 Å². The van der Waals surface area contributed by atoms with Gasteiger partial charge in [-0.2, -0.15) is 26.3 Å². The van der Waals surface area contributed by atoms with E-state index < -0.39 is 40.3 Å². The molecule has 0 aromatic carbocycles. The lowest BCUT2D eigenvalue weighted by molar-refractivity contribution is -0.288. The minimum Gasteiger partial charge on any atom is -0.390 e. The molecule has 2 N–H and O–H groups in total. The summed E-state index contributed by atoms with van der Waals surface area (Å²) in [5.74, 6) is -11.9. The zero-order chi connectivity index (χ0) is 17.8. The predicted molar refractivity (Wildman–Crippen MR) is 66.6 cm³/mol. The van der Waals surface area contributed by atoms with Crippen molar-refractivity contribution in [3.8, 4) is 0 Å². The predicted octanol–water partition coefficient (Wildman–Crippen LogP) is 1.10. The van der Waals surface area contributed by atoms with Crippen LogP contribution in [-0.4, -0.2) is 68.8 Å². The van der Waals surface area contributed by atoms with Gasteiger partial charge in [0.1, 0.15) is 6.61 Å². The van der Waals surface area contributed by atoms with Gasteiger partial charge in [0.25, 0.3) is 10.0 Å². The molecule has 134 valence electrons. The third-order valence-electron chi connectivity index (χ3n) is 2.75. The highest BCUT2D eigenvalue weighted by atomic mass is 32.2. The Labute approximate surface area is 124 Å². The van der Waals surface area contributed by atoms with E-state index in [9.17, 15) is 34.8 Å². The van der Waals surface area contributed by atoms with Crippen molar-refractivity contribution in [1.29, 1.82) is 0 Å². The number of rotatable bonds is 10. The van der Waals surface area contributed by atoms with Gasteiger partial charge in [-0.1, -0.05) is 6.92 Å². The Morgan fingerprint density at radius 3 is 2.00 bits per heavy atom. The quantitative estimate of drug-likeness (QED) is 0.573. The van der Waals surface area contributed by atoms with Crippen LogP contribution in [-0.2, 0) is 10.0 Å². The maximum atomic E-state index is 13.3. The van der Waals surface area contributed by atoms with Gasteiger partial charge in [-0.25, -0.2) is 13.1 Å². The molecule has 0 bridgehead atoms. The molecule has 0 aliphatic carbocycles. The first-order valence-corrected chi connectivity index (χ1v) is 7.67. The second-order valence-corrected chi connectivity index (χ2v) is 6.46. The number of aliphatic hydroxyl groups is 1. The van der Waals surface area contributed by atoms with Crippen LogP contribution < -0.4 is 4.72 Å². The Balaban J connectivity index is 5.10. The van der Waals surface area contributed by atoms with Crippen LogP contribution in [0.3, 0.4) is 0 Å². The standard InChI is InChI=1S/C10H18F6N2O3S/c1-3-5-18(2)6-4-17-22(20,21)10(15,16)9(13,14)8(11,12)7-19/h17,19H,3-7H2,1-2H3. The van der Waals surface area contributed by atoms with Gasteiger partial charge in [0.2, 0.25) is 0 Å². The second-order valence-electron chi connectivity index (χ2n) is 4.65. The molecule has 0 rings (SSSR count). The van der Waals surface area contributed by atoms with E-state index in [2.05, 4.69) is 0 Å². The normalized spacial score (nSPS) is 14.6. The molecule has 0 aliphatic heterocycles. The van der Waals surface area contributed by atoms with Crippen molar-refractivity contribution in [3.05, 3.63) is 0 Å². The zero-order valence-corrected chi connectivity index (χ0v) is 12.7. The summed E-state index contributed by atoms with van der Waals surface area (Å²) in [7, 11) is -4.54. The number of hydrogen-bond acceptors (Lipinski definition) is 4. The molecule has 0 fully saturated rings. The fourth-order valence-corrected chi connectivity index (χ4v) is 2.46. The lowest BCUT2D eigenvalue weighted by Gasteiger charge is -2.31. The number of nitrogens with one attached hydrogen (secondary N) is 1. The van der Waals surface area contributed by atoms with Crippen LogP contribution in [0.1, 0.15) is 13.3 Å². The van der Waals surface area contributed by atoms with Gasteiger partial charge >= 0.3 is 17.1 Å². The molecule has 0 atom stereocenters. The highest BCUT2D eigenvalue weighted by Gasteiger charge is 2.77. The number of sulfonamides is 1. The molecule has 0 aromatic rings. The lowest BCUT2D eigenvalue weighted by atomic mass is 10.2. The van der Waals surface area contributed by atoms with Crippen LogP contribution in [0.5, 0.6) is 0 Å². The molecule has 22 heavy (non-hydrogen) atoms. The van der Waals surface area contributed by atoms with E-state index in [0.717, 1.165) is 0 Å². The highest BCUT2D eigenvalue weighted by Crippen LogP contribution is 2.47. The van der Waals surface area contributed by atoms with Crippen LogP contribution in [0, 0.1) is 0 Å². The van der Waals surface area contributed by atoms with Crippen LogP contribution in [0.15, 0.2) is 0 Å². The van der Waals surface area contributed by atoms with Crippen molar-refractivity contribution in [1.82, 2.24) is 9.62 Å². The van der Waals surface area contributed by atoms with Gasteiger partial charge in [-0.05, 0) is 20.0 Å². The molecular weight excluding hydrogens is 342 g/mol. The van der Waals surface area contributed by atoms with Crippen molar-refractivity contribution in [2.75, 3.05) is 33.3 Å². The second kappa shape index (κ2) is 7.32. The van der Waals surface area contributed by atoms with Crippen molar-refractivity contribution in [2.45, 2.75) is 30.4 Å². The summed E-state index contributed by atoms with van der Waals surface area (Å²) in [5, 5.41) is 1.99. The third kappa shape index (κ3) is 4.24. The topological polar surface area (TPSA) is 69.6 Å². The average molecular weight is 360 g/mol. The van der Waals surface area contributed by atoms with E-state index in [1.807, 2.05) is 0 Å². The first kappa shape index (κ1) is 21.4. The molecule has 0 saturated heterocycles. The SMILES string of the molecule is CCCN(C)CCNS(=O)(=O)C(F)(F)C(F)(F)C(F)(F)CO. The Hall–Kier alpha value is -0.590. The first-order chi connectivity index (χ1) is 9.77. The van der Waals surface area contributed by atoms with Crippen molar-refractivity contribution in [2.24, 2.45) is 0 Å². The summed E-state index contributed by atoms with van der Waals surface area (Å²) in [6.45, 7) is -1.06. The molecule has 0 aliphatic rings. The van der Waals surface area contributed by atoms with E-state index in [-0.39, 0.29) is 6.54 Å². The minimum absolute atomic E-state index is 0.0783. The lowest BCUT2D eigenvalue weighted by Crippen LogP contribution is -2.61. The number of likely N-dealkylation sites (N-methyl/N-ethyl adjacent to an activating group) is 1. The summed E-state index contributed by atoms with van der Waals surface area (Å²) < 4.78 is 102. The average Bonchev–Trinajstić information content (AvgIpc) is 2.38. The number of halogens is 6. The summed E-state index contributed by atoms with van der Waals surface area (Å²) in [4.78, 5) is 1.53. The van der Waals surface area contributed by atoms with Crippen LogP contribution >= 0.6 is 0 Å². The number of alkyl halides is 6. The summed E-state index contributed by atoms with van der Waals surface area (Å²) in [6, 6.07) is 0. The smallest absolute Gasteiger partial charge is 0.390 e. The number of hydrogen-bond donors (Lipinski definition) is 2. The van der Waals surface area contributed by atoms with Gasteiger partial charge in [0, 0.05) is 13.1 Å². The van der Waals surface area contributed by atoms with Crippen LogP contribution in [0.4, 0.5) is 26.3 Å². The van der Waals surface area contributed by atoms with Gasteiger partial charge < -0.3 is 10.0 Å². The van der Waals surface area contributed by atoms with E-state index in [1.165, 1.54) is 16.7 Å². The van der Waals surface area contributed by atoms with E-state index in [0.29, 0.717) is 13.0 Å². The summed E-state index contributed by atoms with van der Waals surface area (Å²) in [6.07, 6.45) is 0.681. The summed E-state index contributed by atoms with van der Waals surface area (Å²) in [5.41, 5.74) is 0. The maximum Gasteiger partial charge on any atom is 0.426 e. The van der Waals surface area contributed by atoms with Crippen molar-refractivity contribution < 1.29 is 39.9 Å². The molecule has 0 aromatic heterocycles. The Morgan fingerprint density at radius 1 is 1.09 bits per heavy atom. The molecule has 0 amide bonds. The van der Waals surface area contributed by atoms with Crippen molar-refractivity contribution >= 4 is 10.0 Å². The minimum atomic E-state index is -6.27. The molecule has 0 spiro atoms. The van der Waals surface area contributed by atoms with Gasteiger partial charge in [-0.3, -0.25) is 0 Å². The third-order valence-corrected chi connectivity index (χ3v) is 4.27. The highest BCUT2D eigenvalue weighted by molar-refractivity contribution is 7.90. The number of aliphatic hydroxyl groups excluding tert-OH is 1. The van der Waals surface area contributed by atoms with E-state index >= 15 is 0 Å². The molecular formula is C10H18F6N2O3S. The summed E-state index contributed by atoms with van der Waals surface area (Å²) >= 11 is 0. The molecule has 0 radical (unpaired) electrons. The molecule has 0 heterocycles. The maximum absolute atomic E-state index is 13.3. The monoisotopic (exact) mass is 360 g/mol. The van der Waals surface area contributed by atoms with E-state index in [1.54, 1.807) is 6.92 Å². The molecule has 0 unspecified atom stereocenters. The molecule has 12 heteroatoms. The van der Waals surface area contributed by atoms with Crippen LogP contribution in [0.25, 0.3) is 0 Å². The largest absolute Gasteiger partial charge is 0.426 e. The van der Waals surface area contributed by atoms with Crippen LogP contribution in [0.2, 0.25) is 0 Å².